The van der Waals surface area contributed by atoms with Gasteiger partial charge in [-0.05, 0) is 47.0 Å². The van der Waals surface area contributed by atoms with Gasteiger partial charge in [-0.2, -0.15) is 5.10 Å². The Morgan fingerprint density at radius 2 is 2.21 bits per heavy atom. The molecule has 102 valence electrons. The van der Waals surface area contributed by atoms with Crippen LogP contribution in [0.1, 0.15) is 28.6 Å². The third kappa shape index (κ3) is 2.86. The highest BCUT2D eigenvalue weighted by Gasteiger charge is 2.18. The van der Waals surface area contributed by atoms with Crippen molar-refractivity contribution in [2.24, 2.45) is 12.9 Å². The molecule has 5 nitrogen and oxygen atoms in total. The maximum absolute atomic E-state index is 5.71. The van der Waals surface area contributed by atoms with Crippen LogP contribution in [0.25, 0.3) is 0 Å². The average molecular weight is 324 g/mol. The zero-order valence-corrected chi connectivity index (χ0v) is 12.9. The number of halogens is 1. The van der Waals surface area contributed by atoms with Gasteiger partial charge in [-0.1, -0.05) is 0 Å². The molecule has 2 aromatic rings. The molecule has 2 heterocycles. The van der Waals surface area contributed by atoms with Crippen LogP contribution in [0.2, 0.25) is 0 Å². The van der Waals surface area contributed by atoms with Crippen LogP contribution in [0.4, 0.5) is 0 Å². The predicted molar refractivity (Wildman–Crippen MR) is 78.4 cm³/mol. The number of nitrogens with two attached hydrogens (primary N) is 1. The summed E-state index contributed by atoms with van der Waals surface area (Å²) < 4.78 is 2.92. The van der Waals surface area contributed by atoms with E-state index in [-0.39, 0.29) is 6.04 Å². The maximum Gasteiger partial charge on any atom is 0.0738 e. The van der Waals surface area contributed by atoms with Gasteiger partial charge in [0.05, 0.1) is 21.9 Å². The Kier molecular flexibility index (Phi) is 4.34. The number of nitrogens with one attached hydrogen (secondary N) is 1. The number of pyridine rings is 1. The second-order valence-electron chi connectivity index (χ2n) is 4.63. The number of hydrogen-bond donors (Lipinski definition) is 2. The van der Waals surface area contributed by atoms with E-state index in [2.05, 4.69) is 38.4 Å². The van der Waals surface area contributed by atoms with Crippen LogP contribution in [-0.4, -0.2) is 14.8 Å². The molecule has 2 rings (SSSR count). The number of aromatic nitrogens is 3. The van der Waals surface area contributed by atoms with Crippen LogP contribution in [0.15, 0.2) is 22.9 Å². The van der Waals surface area contributed by atoms with E-state index >= 15 is 0 Å². The van der Waals surface area contributed by atoms with Crippen molar-refractivity contribution >= 4 is 15.9 Å². The molecular formula is C13H18BrN5. The molecule has 1 atom stereocenters. The first-order valence-corrected chi connectivity index (χ1v) is 6.88. The molecule has 0 bridgehead atoms. The Labute approximate surface area is 121 Å². The topological polar surface area (TPSA) is 68.8 Å². The summed E-state index contributed by atoms with van der Waals surface area (Å²) in [5, 5.41) is 4.40. The Morgan fingerprint density at radius 3 is 2.74 bits per heavy atom. The molecule has 0 saturated heterocycles. The molecule has 0 saturated carbocycles. The molecule has 0 aromatic carbocycles. The minimum absolute atomic E-state index is 0.0137. The molecule has 1 unspecified atom stereocenters. The summed E-state index contributed by atoms with van der Waals surface area (Å²) in [5.41, 5.74) is 7.25. The summed E-state index contributed by atoms with van der Waals surface area (Å²) in [7, 11) is 1.94. The SMILES string of the molecule is Cc1ccncc1C(Cc1c(Br)c(C)nn1C)NN. The van der Waals surface area contributed by atoms with Crippen LogP contribution in [0.5, 0.6) is 0 Å². The first-order valence-electron chi connectivity index (χ1n) is 6.09. The fourth-order valence-corrected chi connectivity index (χ4v) is 2.69. The van der Waals surface area contributed by atoms with E-state index in [1.807, 2.05) is 30.9 Å². The summed E-state index contributed by atoms with van der Waals surface area (Å²) in [4.78, 5) is 4.18. The first kappa shape index (κ1) is 14.2. The van der Waals surface area contributed by atoms with Crippen LogP contribution < -0.4 is 11.3 Å². The predicted octanol–water partition coefficient (Wildman–Crippen LogP) is 1.94. The number of aryl methyl sites for hydroxylation is 3. The molecule has 19 heavy (non-hydrogen) atoms. The summed E-state index contributed by atoms with van der Waals surface area (Å²) in [5.74, 6) is 5.71. The normalized spacial score (nSPS) is 12.7. The smallest absolute Gasteiger partial charge is 0.0738 e. The van der Waals surface area contributed by atoms with E-state index < -0.39 is 0 Å². The van der Waals surface area contributed by atoms with Crippen molar-refractivity contribution in [2.75, 3.05) is 0 Å². The second kappa shape index (κ2) is 5.81. The van der Waals surface area contributed by atoms with Crippen molar-refractivity contribution in [3.8, 4) is 0 Å². The molecule has 0 aliphatic heterocycles. The van der Waals surface area contributed by atoms with Crippen LogP contribution in [-0.2, 0) is 13.5 Å². The lowest BCUT2D eigenvalue weighted by atomic mass is 10.00. The van der Waals surface area contributed by atoms with E-state index in [4.69, 9.17) is 5.84 Å². The number of hydrogen-bond acceptors (Lipinski definition) is 4. The first-order chi connectivity index (χ1) is 9.04. The third-order valence-electron chi connectivity index (χ3n) is 3.32. The van der Waals surface area contributed by atoms with Crippen molar-refractivity contribution in [1.82, 2.24) is 20.2 Å². The van der Waals surface area contributed by atoms with Crippen molar-refractivity contribution in [2.45, 2.75) is 26.3 Å². The lowest BCUT2D eigenvalue weighted by Crippen LogP contribution is -2.30. The standard InChI is InChI=1S/C13H18BrN5/c1-8-4-5-16-7-10(8)11(17-15)6-12-13(14)9(2)18-19(12)3/h4-5,7,11,17H,6,15H2,1-3H3. The fourth-order valence-electron chi connectivity index (χ4n) is 2.19. The molecule has 0 aliphatic rings. The molecule has 6 heteroatoms. The van der Waals surface area contributed by atoms with Crippen LogP contribution in [0.3, 0.4) is 0 Å². The number of rotatable bonds is 4. The van der Waals surface area contributed by atoms with E-state index in [0.29, 0.717) is 0 Å². The molecule has 0 radical (unpaired) electrons. The molecule has 0 amide bonds. The minimum atomic E-state index is 0.0137. The van der Waals surface area contributed by atoms with E-state index in [1.54, 1.807) is 6.20 Å². The molecule has 0 aliphatic carbocycles. The van der Waals surface area contributed by atoms with Crippen LogP contribution in [0, 0.1) is 13.8 Å². The molecule has 0 fully saturated rings. The van der Waals surface area contributed by atoms with Gasteiger partial charge in [-0.3, -0.25) is 20.9 Å². The van der Waals surface area contributed by atoms with Gasteiger partial charge in [-0.25, -0.2) is 0 Å². The van der Waals surface area contributed by atoms with E-state index in [1.165, 1.54) is 5.56 Å². The number of hydrazine groups is 1. The second-order valence-corrected chi connectivity index (χ2v) is 5.42. The highest BCUT2D eigenvalue weighted by atomic mass is 79.9. The van der Waals surface area contributed by atoms with Crippen LogP contribution >= 0.6 is 15.9 Å². The van der Waals surface area contributed by atoms with Gasteiger partial charge in [0, 0.05) is 25.9 Å². The fraction of sp³-hybridized carbons (Fsp3) is 0.385. The largest absolute Gasteiger partial charge is 0.271 e. The van der Waals surface area contributed by atoms with E-state index in [0.717, 1.165) is 27.8 Å². The van der Waals surface area contributed by atoms with Gasteiger partial charge in [-0.15, -0.1) is 0 Å². The van der Waals surface area contributed by atoms with Gasteiger partial charge >= 0.3 is 0 Å². The summed E-state index contributed by atoms with van der Waals surface area (Å²) in [6, 6.07) is 2.00. The lowest BCUT2D eigenvalue weighted by molar-refractivity contribution is 0.525. The highest BCUT2D eigenvalue weighted by Crippen LogP contribution is 2.26. The zero-order chi connectivity index (χ0) is 14.0. The Bertz CT molecular complexity index is 578. The Morgan fingerprint density at radius 1 is 1.47 bits per heavy atom. The number of nitrogens with zero attached hydrogens (tertiary/aromatic N) is 3. The van der Waals surface area contributed by atoms with Crippen molar-refractivity contribution in [3.63, 3.8) is 0 Å². The van der Waals surface area contributed by atoms with Gasteiger partial charge in [0.15, 0.2) is 0 Å². The van der Waals surface area contributed by atoms with Crippen molar-refractivity contribution in [3.05, 3.63) is 45.4 Å². The summed E-state index contributed by atoms with van der Waals surface area (Å²) in [6.45, 7) is 4.04. The van der Waals surface area contributed by atoms with Crippen molar-refractivity contribution in [1.29, 1.82) is 0 Å². The van der Waals surface area contributed by atoms with E-state index in [9.17, 15) is 0 Å². The monoisotopic (exact) mass is 323 g/mol. The molecule has 0 spiro atoms. The highest BCUT2D eigenvalue weighted by molar-refractivity contribution is 9.10. The third-order valence-corrected chi connectivity index (χ3v) is 4.35. The lowest BCUT2D eigenvalue weighted by Gasteiger charge is -2.18. The zero-order valence-electron chi connectivity index (χ0n) is 11.3. The molecular weight excluding hydrogens is 306 g/mol. The molecule has 2 aromatic heterocycles. The van der Waals surface area contributed by atoms with Gasteiger partial charge < -0.3 is 0 Å². The summed E-state index contributed by atoms with van der Waals surface area (Å²) in [6.07, 6.45) is 4.40. The summed E-state index contributed by atoms with van der Waals surface area (Å²) >= 11 is 3.58. The Balaban J connectivity index is 2.32. The molecule has 3 N–H and O–H groups in total. The minimum Gasteiger partial charge on any atom is -0.271 e. The quantitative estimate of drug-likeness (QED) is 0.666. The van der Waals surface area contributed by atoms with Crippen molar-refractivity contribution < 1.29 is 0 Å². The maximum atomic E-state index is 5.71. The van der Waals surface area contributed by atoms with Gasteiger partial charge in [0.1, 0.15) is 0 Å². The van der Waals surface area contributed by atoms with Gasteiger partial charge in [0.2, 0.25) is 0 Å². The Hall–Kier alpha value is -1.24. The average Bonchev–Trinajstić information content (AvgIpc) is 2.63. The van der Waals surface area contributed by atoms with Gasteiger partial charge in [0.25, 0.3) is 0 Å².